The van der Waals surface area contributed by atoms with E-state index in [-0.39, 0.29) is 5.54 Å². The van der Waals surface area contributed by atoms with Gasteiger partial charge in [0.1, 0.15) is 0 Å². The summed E-state index contributed by atoms with van der Waals surface area (Å²) in [5.41, 5.74) is 2.16. The van der Waals surface area contributed by atoms with Crippen LogP contribution in [0, 0.1) is 13.8 Å². The topological polar surface area (TPSA) is 41.1 Å². The third-order valence-electron chi connectivity index (χ3n) is 3.01. The normalized spacial score (nSPS) is 19.9. The van der Waals surface area contributed by atoms with E-state index in [1.807, 2.05) is 19.9 Å². The minimum Gasteiger partial charge on any atom is -0.333 e. The second kappa shape index (κ2) is 4.01. The highest BCUT2D eigenvalue weighted by molar-refractivity contribution is 5.37. The second-order valence-corrected chi connectivity index (χ2v) is 5.09. The standard InChI is InChI=1S/C12H20N4/c1-9-7-10(2)15-11(14-9)16-6-5-13-8-12(16,3)4/h7,13H,5-6,8H2,1-4H3. The molecule has 1 saturated heterocycles. The molecule has 0 aliphatic carbocycles. The number of nitrogens with one attached hydrogen (secondary N) is 1. The van der Waals surface area contributed by atoms with Gasteiger partial charge in [-0.25, -0.2) is 9.97 Å². The Labute approximate surface area is 97.1 Å². The molecule has 1 fully saturated rings. The summed E-state index contributed by atoms with van der Waals surface area (Å²) in [7, 11) is 0. The van der Waals surface area contributed by atoms with Gasteiger partial charge in [-0.15, -0.1) is 0 Å². The van der Waals surface area contributed by atoms with E-state index >= 15 is 0 Å². The Morgan fingerprint density at radius 2 is 1.88 bits per heavy atom. The molecule has 1 N–H and O–H groups in total. The third kappa shape index (κ3) is 2.16. The second-order valence-electron chi connectivity index (χ2n) is 5.09. The Balaban J connectivity index is 2.34. The Hall–Kier alpha value is -1.16. The minimum atomic E-state index is 0.0818. The molecular formula is C12H20N4. The summed E-state index contributed by atoms with van der Waals surface area (Å²) in [5.74, 6) is 0.865. The number of aromatic nitrogens is 2. The van der Waals surface area contributed by atoms with Crippen molar-refractivity contribution in [3.05, 3.63) is 17.5 Å². The monoisotopic (exact) mass is 220 g/mol. The molecule has 16 heavy (non-hydrogen) atoms. The van der Waals surface area contributed by atoms with Gasteiger partial charge in [-0.3, -0.25) is 0 Å². The molecule has 0 aromatic carbocycles. The van der Waals surface area contributed by atoms with Crippen molar-refractivity contribution in [3.63, 3.8) is 0 Å². The predicted molar refractivity (Wildman–Crippen MR) is 65.8 cm³/mol. The molecule has 2 heterocycles. The molecule has 4 heteroatoms. The van der Waals surface area contributed by atoms with Crippen molar-refractivity contribution in [2.45, 2.75) is 33.2 Å². The van der Waals surface area contributed by atoms with Crippen molar-refractivity contribution in [2.24, 2.45) is 0 Å². The third-order valence-corrected chi connectivity index (χ3v) is 3.01. The average molecular weight is 220 g/mol. The molecule has 0 unspecified atom stereocenters. The highest BCUT2D eigenvalue weighted by atomic mass is 15.3. The number of piperazine rings is 1. The quantitative estimate of drug-likeness (QED) is 0.774. The Morgan fingerprint density at radius 1 is 1.25 bits per heavy atom. The first-order valence-electron chi connectivity index (χ1n) is 5.80. The predicted octanol–water partition coefficient (Wildman–Crippen LogP) is 1.28. The summed E-state index contributed by atoms with van der Waals surface area (Å²) in [6.07, 6.45) is 0. The van der Waals surface area contributed by atoms with Crippen molar-refractivity contribution >= 4 is 5.95 Å². The summed E-state index contributed by atoms with van der Waals surface area (Å²) in [5, 5.41) is 3.41. The number of anilines is 1. The van der Waals surface area contributed by atoms with Crippen molar-refractivity contribution in [3.8, 4) is 0 Å². The van der Waals surface area contributed by atoms with Gasteiger partial charge in [0.15, 0.2) is 0 Å². The Bertz CT molecular complexity index is 366. The van der Waals surface area contributed by atoms with Crippen LogP contribution in [-0.2, 0) is 0 Å². The van der Waals surface area contributed by atoms with Gasteiger partial charge in [-0.1, -0.05) is 0 Å². The lowest BCUT2D eigenvalue weighted by Crippen LogP contribution is -2.58. The van der Waals surface area contributed by atoms with E-state index in [9.17, 15) is 0 Å². The zero-order valence-corrected chi connectivity index (χ0v) is 10.5. The van der Waals surface area contributed by atoms with E-state index in [1.165, 1.54) is 0 Å². The molecule has 0 amide bonds. The van der Waals surface area contributed by atoms with Crippen LogP contribution in [0.4, 0.5) is 5.95 Å². The molecule has 0 spiro atoms. The molecule has 1 aliphatic heterocycles. The van der Waals surface area contributed by atoms with Crippen LogP contribution in [0.3, 0.4) is 0 Å². The number of hydrogen-bond donors (Lipinski definition) is 1. The van der Waals surface area contributed by atoms with Crippen molar-refractivity contribution < 1.29 is 0 Å². The molecule has 88 valence electrons. The summed E-state index contributed by atoms with van der Waals surface area (Å²) < 4.78 is 0. The van der Waals surface area contributed by atoms with E-state index in [0.29, 0.717) is 0 Å². The van der Waals surface area contributed by atoms with Crippen LogP contribution in [0.5, 0.6) is 0 Å². The first kappa shape index (κ1) is 11.3. The van der Waals surface area contributed by atoms with Gasteiger partial charge in [-0.05, 0) is 33.8 Å². The van der Waals surface area contributed by atoms with Gasteiger partial charge >= 0.3 is 0 Å². The Morgan fingerprint density at radius 3 is 2.44 bits per heavy atom. The van der Waals surface area contributed by atoms with Gasteiger partial charge in [0.25, 0.3) is 0 Å². The molecule has 1 aromatic heterocycles. The highest BCUT2D eigenvalue weighted by Crippen LogP contribution is 2.22. The van der Waals surface area contributed by atoms with Crippen molar-refractivity contribution in [1.82, 2.24) is 15.3 Å². The van der Waals surface area contributed by atoms with Crippen molar-refractivity contribution in [2.75, 3.05) is 24.5 Å². The molecule has 1 aromatic rings. The molecule has 2 rings (SSSR count). The smallest absolute Gasteiger partial charge is 0.226 e. The summed E-state index contributed by atoms with van der Waals surface area (Å²) in [6.45, 7) is 11.4. The first-order chi connectivity index (χ1) is 7.49. The zero-order valence-electron chi connectivity index (χ0n) is 10.5. The fourth-order valence-corrected chi connectivity index (χ4v) is 2.18. The Kier molecular flexibility index (Phi) is 2.84. The van der Waals surface area contributed by atoms with Crippen LogP contribution >= 0.6 is 0 Å². The molecule has 0 saturated carbocycles. The lowest BCUT2D eigenvalue weighted by Gasteiger charge is -2.42. The lowest BCUT2D eigenvalue weighted by atomic mass is 10.0. The van der Waals surface area contributed by atoms with Gasteiger partial charge < -0.3 is 10.2 Å². The van der Waals surface area contributed by atoms with Crippen LogP contribution in [0.25, 0.3) is 0 Å². The maximum Gasteiger partial charge on any atom is 0.226 e. The van der Waals surface area contributed by atoms with Gasteiger partial charge in [0.2, 0.25) is 5.95 Å². The van der Waals surface area contributed by atoms with Gasteiger partial charge in [0, 0.05) is 36.6 Å². The van der Waals surface area contributed by atoms with Crippen molar-refractivity contribution in [1.29, 1.82) is 0 Å². The largest absolute Gasteiger partial charge is 0.333 e. The SMILES string of the molecule is Cc1cc(C)nc(N2CCNCC2(C)C)n1. The molecule has 0 radical (unpaired) electrons. The van der Waals surface area contributed by atoms with E-state index < -0.39 is 0 Å². The maximum atomic E-state index is 4.54. The van der Waals surface area contributed by atoms with E-state index in [1.54, 1.807) is 0 Å². The summed E-state index contributed by atoms with van der Waals surface area (Å²) in [4.78, 5) is 11.4. The maximum absolute atomic E-state index is 4.54. The first-order valence-corrected chi connectivity index (χ1v) is 5.80. The van der Waals surface area contributed by atoms with E-state index in [4.69, 9.17) is 0 Å². The van der Waals surface area contributed by atoms with Gasteiger partial charge in [0.05, 0.1) is 0 Å². The minimum absolute atomic E-state index is 0.0818. The molecule has 4 nitrogen and oxygen atoms in total. The fraction of sp³-hybridized carbons (Fsp3) is 0.667. The number of hydrogen-bond acceptors (Lipinski definition) is 4. The van der Waals surface area contributed by atoms with Gasteiger partial charge in [-0.2, -0.15) is 0 Å². The molecule has 1 aliphatic rings. The average Bonchev–Trinajstić information content (AvgIpc) is 2.15. The summed E-state index contributed by atoms with van der Waals surface area (Å²) in [6, 6.07) is 2.01. The number of nitrogens with zero attached hydrogens (tertiary/aromatic N) is 3. The van der Waals surface area contributed by atoms with Crippen LogP contribution in [0.1, 0.15) is 25.2 Å². The van der Waals surface area contributed by atoms with Crippen LogP contribution in [-0.4, -0.2) is 35.1 Å². The molecule has 0 bridgehead atoms. The zero-order chi connectivity index (χ0) is 11.8. The fourth-order valence-electron chi connectivity index (χ4n) is 2.18. The van der Waals surface area contributed by atoms with E-state index in [2.05, 4.69) is 34.0 Å². The highest BCUT2D eigenvalue weighted by Gasteiger charge is 2.31. The van der Waals surface area contributed by atoms with Crippen LogP contribution in [0.15, 0.2) is 6.07 Å². The number of aryl methyl sites for hydroxylation is 2. The van der Waals surface area contributed by atoms with E-state index in [0.717, 1.165) is 37.0 Å². The van der Waals surface area contributed by atoms with Crippen LogP contribution in [0.2, 0.25) is 0 Å². The van der Waals surface area contributed by atoms with Crippen LogP contribution < -0.4 is 10.2 Å². The lowest BCUT2D eigenvalue weighted by molar-refractivity contribution is 0.374. The molecular weight excluding hydrogens is 200 g/mol. The summed E-state index contributed by atoms with van der Waals surface area (Å²) >= 11 is 0. The molecule has 0 atom stereocenters. The number of rotatable bonds is 1.